The van der Waals surface area contributed by atoms with Crippen LogP contribution in [0.3, 0.4) is 0 Å². The molecule has 1 aliphatic rings. The summed E-state index contributed by atoms with van der Waals surface area (Å²) in [5.41, 5.74) is 0.729. The topological polar surface area (TPSA) is 77.7 Å². The van der Waals surface area contributed by atoms with Crippen molar-refractivity contribution in [1.29, 1.82) is 0 Å². The van der Waals surface area contributed by atoms with Crippen molar-refractivity contribution in [3.8, 4) is 5.75 Å². The molecule has 2 aromatic rings. The van der Waals surface area contributed by atoms with E-state index in [9.17, 15) is 4.79 Å². The van der Waals surface area contributed by atoms with E-state index in [1.165, 1.54) is 0 Å². The molecule has 0 N–H and O–H groups in total. The van der Waals surface area contributed by atoms with Crippen molar-refractivity contribution in [1.82, 2.24) is 10.1 Å². The van der Waals surface area contributed by atoms with Gasteiger partial charge in [-0.25, -0.2) is 0 Å². The molecule has 1 amide bonds. The number of ether oxygens (including phenoxy) is 2. The van der Waals surface area contributed by atoms with E-state index in [4.69, 9.17) is 25.6 Å². The molecule has 128 valence electrons. The lowest BCUT2D eigenvalue weighted by molar-refractivity contribution is -0.117. The van der Waals surface area contributed by atoms with Crippen LogP contribution < -0.4 is 9.64 Å². The van der Waals surface area contributed by atoms with Gasteiger partial charge in [0.05, 0.1) is 24.7 Å². The van der Waals surface area contributed by atoms with Gasteiger partial charge in [-0.05, 0) is 18.2 Å². The molecule has 0 spiro atoms. The fraction of sp³-hybridized carbons (Fsp3) is 0.438. The zero-order valence-corrected chi connectivity index (χ0v) is 14.2. The van der Waals surface area contributed by atoms with Crippen molar-refractivity contribution in [2.75, 3.05) is 32.3 Å². The Bertz CT molecular complexity index is 734. The number of rotatable bonds is 6. The molecule has 7 nitrogen and oxygen atoms in total. The summed E-state index contributed by atoms with van der Waals surface area (Å²) < 4.78 is 15.4. The molecule has 2 heterocycles. The zero-order chi connectivity index (χ0) is 17.1. The predicted octanol–water partition coefficient (Wildman–Crippen LogP) is 2.44. The van der Waals surface area contributed by atoms with Crippen LogP contribution in [0.1, 0.15) is 24.1 Å². The van der Waals surface area contributed by atoms with E-state index in [0.29, 0.717) is 48.5 Å². The van der Waals surface area contributed by atoms with Crippen LogP contribution >= 0.6 is 11.6 Å². The number of hydrogen-bond acceptors (Lipinski definition) is 6. The van der Waals surface area contributed by atoms with E-state index >= 15 is 0 Å². The first-order valence-corrected chi connectivity index (χ1v) is 7.95. The fourth-order valence-electron chi connectivity index (χ4n) is 2.67. The highest BCUT2D eigenvalue weighted by Gasteiger charge is 2.35. The minimum Gasteiger partial charge on any atom is -0.495 e. The lowest BCUT2D eigenvalue weighted by Gasteiger charge is -2.17. The van der Waals surface area contributed by atoms with Crippen molar-refractivity contribution in [3.05, 3.63) is 34.9 Å². The second kappa shape index (κ2) is 7.19. The standard InChI is InChI=1S/C16H18ClN3O4/c1-22-6-5-14-18-16(24-19-14)10-7-15(21)20(9-10)11-3-4-13(23-2)12(17)8-11/h3-4,8,10H,5-7,9H2,1-2H3. The van der Waals surface area contributed by atoms with E-state index in [2.05, 4.69) is 10.1 Å². The molecule has 0 saturated carbocycles. The van der Waals surface area contributed by atoms with Gasteiger partial charge < -0.3 is 18.9 Å². The maximum absolute atomic E-state index is 12.3. The summed E-state index contributed by atoms with van der Waals surface area (Å²) in [6, 6.07) is 5.27. The van der Waals surface area contributed by atoms with Crippen molar-refractivity contribution < 1.29 is 18.8 Å². The first-order valence-electron chi connectivity index (χ1n) is 7.57. The van der Waals surface area contributed by atoms with Crippen LogP contribution in [-0.4, -0.2) is 43.4 Å². The maximum Gasteiger partial charge on any atom is 0.232 e. The molecule has 1 aliphatic heterocycles. The van der Waals surface area contributed by atoms with Gasteiger partial charge in [0, 0.05) is 32.2 Å². The minimum absolute atomic E-state index is 0.00197. The van der Waals surface area contributed by atoms with Crippen LogP contribution in [-0.2, 0) is 16.0 Å². The number of aromatic nitrogens is 2. The number of benzene rings is 1. The van der Waals surface area contributed by atoms with E-state index in [0.717, 1.165) is 5.69 Å². The number of hydrogen-bond donors (Lipinski definition) is 0. The smallest absolute Gasteiger partial charge is 0.232 e. The third-order valence-electron chi connectivity index (χ3n) is 3.93. The summed E-state index contributed by atoms with van der Waals surface area (Å²) in [4.78, 5) is 18.4. The molecule has 24 heavy (non-hydrogen) atoms. The van der Waals surface area contributed by atoms with E-state index in [1.807, 2.05) is 6.07 Å². The van der Waals surface area contributed by atoms with E-state index in [-0.39, 0.29) is 11.8 Å². The third-order valence-corrected chi connectivity index (χ3v) is 4.23. The van der Waals surface area contributed by atoms with Crippen molar-refractivity contribution in [2.45, 2.75) is 18.8 Å². The van der Waals surface area contributed by atoms with Gasteiger partial charge in [-0.1, -0.05) is 16.8 Å². The lowest BCUT2D eigenvalue weighted by atomic mass is 10.1. The van der Waals surface area contributed by atoms with E-state index < -0.39 is 0 Å². The Morgan fingerprint density at radius 1 is 1.42 bits per heavy atom. The molecule has 8 heteroatoms. The number of nitrogens with zero attached hydrogens (tertiary/aromatic N) is 3. The number of carbonyl (C=O) groups is 1. The molecule has 0 bridgehead atoms. The van der Waals surface area contributed by atoms with Gasteiger partial charge in [-0.2, -0.15) is 4.98 Å². The lowest BCUT2D eigenvalue weighted by Crippen LogP contribution is -2.24. The molecule has 0 aliphatic carbocycles. The van der Waals surface area contributed by atoms with Gasteiger partial charge >= 0.3 is 0 Å². The Balaban J connectivity index is 1.73. The summed E-state index contributed by atoms with van der Waals surface area (Å²) in [6.07, 6.45) is 0.911. The molecule has 0 radical (unpaired) electrons. The summed E-state index contributed by atoms with van der Waals surface area (Å²) in [5.74, 6) is 1.52. The van der Waals surface area contributed by atoms with Crippen LogP contribution in [0.15, 0.2) is 22.7 Å². The average molecular weight is 352 g/mol. The molecular formula is C16H18ClN3O4. The van der Waals surface area contributed by atoms with Gasteiger partial charge in [-0.15, -0.1) is 0 Å². The molecular weight excluding hydrogens is 334 g/mol. The van der Waals surface area contributed by atoms with Gasteiger partial charge in [0.25, 0.3) is 0 Å². The number of amides is 1. The van der Waals surface area contributed by atoms with Crippen molar-refractivity contribution in [2.24, 2.45) is 0 Å². The van der Waals surface area contributed by atoms with Gasteiger partial charge in [0.2, 0.25) is 11.8 Å². The number of halogens is 1. The van der Waals surface area contributed by atoms with Crippen LogP contribution in [0, 0.1) is 0 Å². The quantitative estimate of drug-likeness (QED) is 0.795. The second-order valence-corrected chi connectivity index (χ2v) is 5.92. The summed E-state index contributed by atoms with van der Waals surface area (Å²) in [5, 5.41) is 4.39. The van der Waals surface area contributed by atoms with Crippen LogP contribution in [0.2, 0.25) is 5.02 Å². The van der Waals surface area contributed by atoms with E-state index in [1.54, 1.807) is 31.3 Å². The second-order valence-electron chi connectivity index (χ2n) is 5.52. The third kappa shape index (κ3) is 3.37. The largest absolute Gasteiger partial charge is 0.495 e. The van der Waals surface area contributed by atoms with Gasteiger partial charge in [0.15, 0.2) is 5.82 Å². The SMILES string of the molecule is COCCc1noc(C2CC(=O)N(c3ccc(OC)c(Cl)c3)C2)n1. The van der Waals surface area contributed by atoms with Crippen LogP contribution in [0.5, 0.6) is 5.75 Å². The molecule has 1 saturated heterocycles. The van der Waals surface area contributed by atoms with Crippen LogP contribution in [0.25, 0.3) is 0 Å². The monoisotopic (exact) mass is 351 g/mol. The number of carbonyl (C=O) groups excluding carboxylic acids is 1. The summed E-state index contributed by atoms with van der Waals surface area (Å²) in [7, 11) is 3.17. The first kappa shape index (κ1) is 16.7. The Morgan fingerprint density at radius 2 is 2.25 bits per heavy atom. The average Bonchev–Trinajstić information content (AvgIpc) is 3.19. The highest BCUT2D eigenvalue weighted by molar-refractivity contribution is 6.32. The van der Waals surface area contributed by atoms with Crippen molar-refractivity contribution >= 4 is 23.2 Å². The normalized spacial score (nSPS) is 17.5. The fourth-order valence-corrected chi connectivity index (χ4v) is 2.93. The molecule has 3 rings (SSSR count). The Morgan fingerprint density at radius 3 is 2.96 bits per heavy atom. The number of methoxy groups -OCH3 is 2. The predicted molar refractivity (Wildman–Crippen MR) is 87.6 cm³/mol. The molecule has 1 aromatic heterocycles. The van der Waals surface area contributed by atoms with Gasteiger partial charge in [0.1, 0.15) is 5.75 Å². The Hall–Kier alpha value is -2.12. The maximum atomic E-state index is 12.3. The summed E-state index contributed by atoms with van der Waals surface area (Å²) >= 11 is 6.15. The van der Waals surface area contributed by atoms with Crippen molar-refractivity contribution in [3.63, 3.8) is 0 Å². The molecule has 1 aromatic carbocycles. The summed E-state index contributed by atoms with van der Waals surface area (Å²) in [6.45, 7) is 1.01. The zero-order valence-electron chi connectivity index (χ0n) is 13.5. The highest BCUT2D eigenvalue weighted by Crippen LogP contribution is 2.34. The highest BCUT2D eigenvalue weighted by atomic mass is 35.5. The molecule has 1 fully saturated rings. The molecule has 1 atom stereocenters. The molecule has 1 unspecified atom stereocenters. The first-order chi connectivity index (χ1) is 11.6. The number of anilines is 1. The Labute approximate surface area is 144 Å². The Kier molecular flexibility index (Phi) is 5.01. The minimum atomic E-state index is -0.123. The van der Waals surface area contributed by atoms with Gasteiger partial charge in [-0.3, -0.25) is 4.79 Å². The van der Waals surface area contributed by atoms with Crippen LogP contribution in [0.4, 0.5) is 5.69 Å².